The molecule has 0 amide bonds. The van der Waals surface area contributed by atoms with Crippen LogP contribution in [0.4, 0.5) is 0 Å². The molecule has 3 nitrogen and oxygen atoms in total. The second-order valence-electron chi connectivity index (χ2n) is 16.3. The van der Waals surface area contributed by atoms with Gasteiger partial charge in [0.1, 0.15) is 0 Å². The summed E-state index contributed by atoms with van der Waals surface area (Å²) in [5.74, 6) is 1.94. The zero-order valence-corrected chi connectivity index (χ0v) is 33.5. The topological polar surface area (TPSA) is 38.7 Å². The molecule has 0 radical (unpaired) electrons. The van der Waals surface area contributed by atoms with Crippen molar-refractivity contribution in [3.8, 4) is 56.4 Å². The van der Waals surface area contributed by atoms with E-state index >= 15 is 0 Å². The number of aromatic nitrogens is 3. The van der Waals surface area contributed by atoms with E-state index in [1.807, 2.05) is 18.2 Å². The third-order valence-corrected chi connectivity index (χ3v) is 12.8. The summed E-state index contributed by atoms with van der Waals surface area (Å²) in [5, 5.41) is 17.7. The highest BCUT2D eigenvalue weighted by Gasteiger charge is 2.18. The average Bonchev–Trinajstić information content (AvgIpc) is 3.35. The van der Waals surface area contributed by atoms with Crippen molar-refractivity contribution in [3.63, 3.8) is 0 Å². The molecule has 0 aliphatic heterocycles. The van der Waals surface area contributed by atoms with Crippen molar-refractivity contribution in [2.75, 3.05) is 0 Å². The lowest BCUT2D eigenvalue weighted by molar-refractivity contribution is 1.08. The van der Waals surface area contributed by atoms with Crippen molar-refractivity contribution < 1.29 is 0 Å². The van der Waals surface area contributed by atoms with Gasteiger partial charge in [-0.1, -0.05) is 194 Å². The van der Waals surface area contributed by atoms with Gasteiger partial charge in [0.05, 0.1) is 0 Å². The molecule has 1 heterocycles. The van der Waals surface area contributed by atoms with Crippen molar-refractivity contribution >= 4 is 75.4 Å². The van der Waals surface area contributed by atoms with Crippen LogP contribution in [0.1, 0.15) is 0 Å². The normalized spacial score (nSPS) is 11.9. The molecular formula is C59H35N3. The monoisotopic (exact) mass is 785 g/mol. The Kier molecular flexibility index (Phi) is 7.60. The first-order valence-corrected chi connectivity index (χ1v) is 21.2. The predicted octanol–water partition coefficient (Wildman–Crippen LogP) is 15.7. The average molecular weight is 786 g/mol. The van der Waals surface area contributed by atoms with Gasteiger partial charge in [0, 0.05) is 16.7 Å². The SMILES string of the molecule is c1ccc(-c2nc(-c3cccc(-c4ccc(-c5cc6ccc7cccc8c9cccc%10ccc%11cccc(c(c5)c6c78)c%11c%109)cc4)c3)nc(-c3cccc4ccccc34)n2)cc1. The van der Waals surface area contributed by atoms with Crippen LogP contribution in [-0.2, 0) is 0 Å². The van der Waals surface area contributed by atoms with Gasteiger partial charge in [0.25, 0.3) is 0 Å². The van der Waals surface area contributed by atoms with Gasteiger partial charge in [-0.05, 0) is 116 Å². The molecule has 0 atom stereocenters. The number of nitrogens with zero attached hydrogens (tertiary/aromatic N) is 3. The Bertz CT molecular complexity index is 3900. The maximum absolute atomic E-state index is 5.13. The quantitative estimate of drug-likeness (QED) is 0.163. The van der Waals surface area contributed by atoms with E-state index in [1.54, 1.807) is 0 Å². The fraction of sp³-hybridized carbons (Fsp3) is 0. The second-order valence-corrected chi connectivity index (χ2v) is 16.3. The standard InChI is InChI=1S/C59H35N3/c1-2-12-42(13-3-1)57-60-58(62-59(61-57)51-24-7-14-38-11-4-5-20-47(38)51)45-19-6-18-43(33-45)36-25-27-37(28-26-36)46-34-44-32-31-41-16-9-22-49-48-21-8-15-39-29-30-40-17-10-23-50(55(40)53(39)48)52(35-46)56(44)54(41)49/h1-35H. The maximum Gasteiger partial charge on any atom is 0.164 e. The molecule has 62 heavy (non-hydrogen) atoms. The van der Waals surface area contributed by atoms with Crippen LogP contribution in [0.15, 0.2) is 212 Å². The molecule has 12 aromatic carbocycles. The van der Waals surface area contributed by atoms with Crippen molar-refractivity contribution in [2.45, 2.75) is 0 Å². The van der Waals surface area contributed by atoms with E-state index in [-0.39, 0.29) is 0 Å². The summed E-state index contributed by atoms with van der Waals surface area (Å²) in [6.07, 6.45) is 0. The van der Waals surface area contributed by atoms with E-state index in [1.165, 1.54) is 75.8 Å². The van der Waals surface area contributed by atoms with Gasteiger partial charge in [-0.2, -0.15) is 0 Å². The van der Waals surface area contributed by atoms with Crippen LogP contribution >= 0.6 is 0 Å². The lowest BCUT2D eigenvalue weighted by Crippen LogP contribution is -2.00. The molecule has 0 spiro atoms. The Balaban J connectivity index is 0.949. The molecular weight excluding hydrogens is 751 g/mol. The van der Waals surface area contributed by atoms with Gasteiger partial charge < -0.3 is 0 Å². The second kappa shape index (κ2) is 13.6. The van der Waals surface area contributed by atoms with E-state index in [2.05, 4.69) is 194 Å². The molecule has 1 aromatic heterocycles. The number of benzene rings is 11. The van der Waals surface area contributed by atoms with Crippen molar-refractivity contribution in [1.82, 2.24) is 15.0 Å². The number of fused-ring (bicyclic) bond motifs is 3. The van der Waals surface area contributed by atoms with E-state index in [0.717, 1.165) is 38.6 Å². The van der Waals surface area contributed by atoms with Crippen LogP contribution in [-0.4, -0.2) is 15.0 Å². The molecule has 13 aromatic rings. The lowest BCUT2D eigenvalue weighted by atomic mass is 9.86. The third-order valence-electron chi connectivity index (χ3n) is 12.8. The van der Waals surface area contributed by atoms with E-state index in [0.29, 0.717) is 17.5 Å². The highest BCUT2D eigenvalue weighted by molar-refractivity contribution is 6.37. The fourth-order valence-corrected chi connectivity index (χ4v) is 9.91. The van der Waals surface area contributed by atoms with Gasteiger partial charge in [-0.25, -0.2) is 15.0 Å². The lowest BCUT2D eigenvalue weighted by Gasteiger charge is -2.17. The first-order chi connectivity index (χ1) is 30.7. The number of hydrogen-bond donors (Lipinski definition) is 0. The summed E-state index contributed by atoms with van der Waals surface area (Å²) in [6.45, 7) is 0. The molecule has 0 aliphatic carbocycles. The summed E-state index contributed by atoms with van der Waals surface area (Å²) < 4.78 is 0. The van der Waals surface area contributed by atoms with Crippen LogP contribution in [0.3, 0.4) is 0 Å². The molecule has 0 unspecified atom stereocenters. The molecule has 0 fully saturated rings. The number of rotatable bonds is 5. The molecule has 286 valence electrons. The molecule has 3 heteroatoms. The summed E-state index contributed by atoms with van der Waals surface area (Å²) in [7, 11) is 0. The smallest absolute Gasteiger partial charge is 0.164 e. The highest BCUT2D eigenvalue weighted by atomic mass is 15.0. The molecule has 13 rings (SSSR count). The first kappa shape index (κ1) is 34.6. The number of hydrogen-bond acceptors (Lipinski definition) is 3. The highest BCUT2D eigenvalue weighted by Crippen LogP contribution is 2.44. The fourth-order valence-electron chi connectivity index (χ4n) is 9.91. The maximum atomic E-state index is 5.13. The van der Waals surface area contributed by atoms with Crippen LogP contribution < -0.4 is 0 Å². The van der Waals surface area contributed by atoms with Crippen LogP contribution in [0.5, 0.6) is 0 Å². The molecule has 0 N–H and O–H groups in total. The van der Waals surface area contributed by atoms with Crippen LogP contribution in [0.25, 0.3) is 132 Å². The Morgan fingerprint density at radius 2 is 0.661 bits per heavy atom. The van der Waals surface area contributed by atoms with Crippen molar-refractivity contribution in [1.29, 1.82) is 0 Å². The Morgan fingerprint density at radius 1 is 0.210 bits per heavy atom. The Morgan fingerprint density at radius 3 is 1.35 bits per heavy atom. The summed E-state index contributed by atoms with van der Waals surface area (Å²) in [5.41, 5.74) is 7.46. The van der Waals surface area contributed by atoms with Crippen molar-refractivity contribution in [3.05, 3.63) is 212 Å². The zero-order chi connectivity index (χ0) is 40.7. The van der Waals surface area contributed by atoms with Gasteiger partial charge in [0.15, 0.2) is 17.5 Å². The van der Waals surface area contributed by atoms with Gasteiger partial charge in [0.2, 0.25) is 0 Å². The van der Waals surface area contributed by atoms with E-state index in [4.69, 9.17) is 15.0 Å². The van der Waals surface area contributed by atoms with Gasteiger partial charge in [-0.15, -0.1) is 0 Å². The minimum absolute atomic E-state index is 0.640. The Labute approximate surface area is 357 Å². The zero-order valence-electron chi connectivity index (χ0n) is 33.5. The first-order valence-electron chi connectivity index (χ1n) is 21.2. The molecule has 0 bridgehead atoms. The third kappa shape index (κ3) is 5.42. The molecule has 0 saturated carbocycles. The molecule has 0 aliphatic rings. The minimum Gasteiger partial charge on any atom is -0.208 e. The summed E-state index contributed by atoms with van der Waals surface area (Å²) in [6, 6.07) is 76.7. The summed E-state index contributed by atoms with van der Waals surface area (Å²) in [4.78, 5) is 15.2. The van der Waals surface area contributed by atoms with Crippen LogP contribution in [0, 0.1) is 0 Å². The van der Waals surface area contributed by atoms with E-state index in [9.17, 15) is 0 Å². The van der Waals surface area contributed by atoms with Gasteiger partial charge in [-0.3, -0.25) is 0 Å². The predicted molar refractivity (Wildman–Crippen MR) is 261 cm³/mol. The van der Waals surface area contributed by atoms with Crippen LogP contribution in [0.2, 0.25) is 0 Å². The molecule has 0 saturated heterocycles. The Hall–Kier alpha value is -8.27. The van der Waals surface area contributed by atoms with Gasteiger partial charge >= 0.3 is 0 Å². The minimum atomic E-state index is 0.640. The summed E-state index contributed by atoms with van der Waals surface area (Å²) >= 11 is 0. The largest absolute Gasteiger partial charge is 0.208 e. The van der Waals surface area contributed by atoms with Crippen molar-refractivity contribution in [2.24, 2.45) is 0 Å². The van der Waals surface area contributed by atoms with E-state index < -0.39 is 0 Å².